The fraction of sp³-hybridized carbons (Fsp3) is 0. The van der Waals surface area contributed by atoms with Crippen molar-refractivity contribution < 1.29 is 0 Å². The highest BCUT2D eigenvalue weighted by Crippen LogP contribution is 2.20. The molecule has 0 atom stereocenters. The molecule has 3 rings (SSSR count). The average molecular weight is 205 g/mol. The molecule has 16 heavy (non-hydrogen) atoms. The summed E-state index contributed by atoms with van der Waals surface area (Å²) in [6.07, 6.45) is 5.48. The molecule has 0 aliphatic rings. The number of hydrogen-bond acceptors (Lipinski definition) is 2. The van der Waals surface area contributed by atoms with E-state index in [0.717, 1.165) is 22.0 Å². The summed E-state index contributed by atoms with van der Waals surface area (Å²) in [6.45, 7) is 0. The summed E-state index contributed by atoms with van der Waals surface area (Å²) < 4.78 is 0. The van der Waals surface area contributed by atoms with E-state index in [-0.39, 0.29) is 0 Å². The zero-order valence-corrected chi connectivity index (χ0v) is 8.59. The largest absolute Gasteiger partial charge is 0.264 e. The van der Waals surface area contributed by atoms with Crippen LogP contribution in [0.1, 0.15) is 0 Å². The van der Waals surface area contributed by atoms with Crippen LogP contribution in [0.3, 0.4) is 0 Å². The van der Waals surface area contributed by atoms with E-state index < -0.39 is 0 Å². The van der Waals surface area contributed by atoms with Crippen molar-refractivity contribution >= 4 is 10.8 Å². The molecule has 2 aromatic heterocycles. The Labute approximate surface area is 93.6 Å². The molecule has 0 amide bonds. The van der Waals surface area contributed by atoms with Crippen molar-refractivity contribution in [3.63, 3.8) is 0 Å². The molecule has 0 fully saturated rings. The first-order valence-electron chi connectivity index (χ1n) is 5.10. The van der Waals surface area contributed by atoms with Gasteiger partial charge in [0, 0.05) is 29.5 Å². The summed E-state index contributed by atoms with van der Waals surface area (Å²) in [6, 6.07) is 14.9. The zero-order chi connectivity index (χ0) is 10.8. The molecule has 0 saturated carbocycles. The number of pyridine rings is 2. The second-order valence-electron chi connectivity index (χ2n) is 3.58. The van der Waals surface area contributed by atoms with Gasteiger partial charge in [-0.2, -0.15) is 0 Å². The summed E-state index contributed by atoms with van der Waals surface area (Å²) in [5.41, 5.74) is 2.09. The molecule has 0 aliphatic carbocycles. The maximum Gasteiger partial charge on any atom is 0.0708 e. The van der Waals surface area contributed by atoms with Crippen molar-refractivity contribution in [1.82, 2.24) is 9.97 Å². The molecule has 3 aromatic rings. The fourth-order valence-corrected chi connectivity index (χ4v) is 1.70. The third-order valence-corrected chi connectivity index (χ3v) is 2.54. The van der Waals surface area contributed by atoms with Gasteiger partial charge >= 0.3 is 0 Å². The summed E-state index contributed by atoms with van der Waals surface area (Å²) in [4.78, 5) is 8.49. The second-order valence-corrected chi connectivity index (χ2v) is 3.58. The Kier molecular flexibility index (Phi) is 2.11. The van der Waals surface area contributed by atoms with E-state index in [1.54, 1.807) is 6.20 Å². The first-order chi connectivity index (χ1) is 7.93. The van der Waals surface area contributed by atoms with E-state index >= 15 is 0 Å². The van der Waals surface area contributed by atoms with Gasteiger partial charge in [0.1, 0.15) is 0 Å². The summed E-state index contributed by atoms with van der Waals surface area (Å²) in [5, 5.41) is 2.22. The van der Waals surface area contributed by atoms with Gasteiger partial charge in [0.25, 0.3) is 0 Å². The molecule has 0 spiro atoms. The van der Waals surface area contributed by atoms with Crippen LogP contribution in [-0.4, -0.2) is 9.97 Å². The lowest BCUT2D eigenvalue weighted by Gasteiger charge is -2.02. The standard InChI is InChI=1S/C14H9N2/c1-2-4-11(5-3-1)14-8-12-6-7-15-9-13(12)10-16-14/h2-10H. The lowest BCUT2D eigenvalue weighted by atomic mass is 10.1. The van der Waals surface area contributed by atoms with Crippen molar-refractivity contribution in [3.05, 3.63) is 61.1 Å². The average Bonchev–Trinajstić information content (AvgIpc) is 2.39. The van der Waals surface area contributed by atoms with Gasteiger partial charge in [-0.1, -0.05) is 24.3 Å². The molecule has 0 bridgehead atoms. The molecular formula is C14H9N2. The third kappa shape index (κ3) is 1.54. The minimum absolute atomic E-state index is 0.979. The summed E-state index contributed by atoms with van der Waals surface area (Å²) >= 11 is 0. The predicted octanol–water partition coefficient (Wildman–Crippen LogP) is 3.10. The van der Waals surface area contributed by atoms with Gasteiger partial charge in [-0.05, 0) is 23.6 Å². The monoisotopic (exact) mass is 205 g/mol. The van der Waals surface area contributed by atoms with Gasteiger partial charge in [-0.3, -0.25) is 9.97 Å². The van der Waals surface area contributed by atoms with E-state index in [1.807, 2.05) is 42.7 Å². The van der Waals surface area contributed by atoms with Crippen LogP contribution in [0.5, 0.6) is 0 Å². The first-order valence-corrected chi connectivity index (χ1v) is 5.10. The number of aromatic nitrogens is 2. The number of hydrogen-bond donors (Lipinski definition) is 0. The Morgan fingerprint density at radius 3 is 2.69 bits per heavy atom. The normalized spacial score (nSPS) is 10.5. The minimum Gasteiger partial charge on any atom is -0.264 e. The maximum absolute atomic E-state index is 4.42. The van der Waals surface area contributed by atoms with Gasteiger partial charge in [0.15, 0.2) is 0 Å². The Morgan fingerprint density at radius 2 is 1.81 bits per heavy atom. The van der Waals surface area contributed by atoms with Crippen LogP contribution >= 0.6 is 0 Å². The molecule has 1 aromatic carbocycles. The number of nitrogens with zero attached hydrogens (tertiary/aromatic N) is 2. The molecule has 75 valence electrons. The van der Waals surface area contributed by atoms with Gasteiger partial charge < -0.3 is 0 Å². The lowest BCUT2D eigenvalue weighted by Crippen LogP contribution is -1.84. The number of fused-ring (bicyclic) bond motifs is 1. The molecular weight excluding hydrogens is 196 g/mol. The van der Waals surface area contributed by atoms with Crippen LogP contribution in [0, 0.1) is 6.07 Å². The summed E-state index contributed by atoms with van der Waals surface area (Å²) in [5.74, 6) is 0. The highest BCUT2D eigenvalue weighted by molar-refractivity contribution is 5.84. The molecule has 0 unspecified atom stereocenters. The van der Waals surface area contributed by atoms with Crippen LogP contribution in [0.4, 0.5) is 0 Å². The van der Waals surface area contributed by atoms with Gasteiger partial charge in [0.2, 0.25) is 0 Å². The molecule has 0 aliphatic heterocycles. The molecule has 1 radical (unpaired) electrons. The number of rotatable bonds is 1. The SMILES string of the molecule is [c]1ccc(-c2cc3ccncc3cn2)cc1. The molecule has 2 heteroatoms. The lowest BCUT2D eigenvalue weighted by molar-refractivity contribution is 1.32. The predicted molar refractivity (Wildman–Crippen MR) is 63.8 cm³/mol. The Bertz CT molecular complexity index is 618. The van der Waals surface area contributed by atoms with E-state index in [1.165, 1.54) is 0 Å². The highest BCUT2D eigenvalue weighted by atomic mass is 14.7. The molecule has 0 N–H and O–H groups in total. The van der Waals surface area contributed by atoms with Crippen molar-refractivity contribution in [2.45, 2.75) is 0 Å². The third-order valence-electron chi connectivity index (χ3n) is 2.54. The quantitative estimate of drug-likeness (QED) is 0.610. The number of benzene rings is 1. The highest BCUT2D eigenvalue weighted by Gasteiger charge is 1.99. The Morgan fingerprint density at radius 1 is 0.938 bits per heavy atom. The van der Waals surface area contributed by atoms with Crippen LogP contribution in [0.15, 0.2) is 55.0 Å². The Balaban J connectivity index is 2.19. The van der Waals surface area contributed by atoms with Crippen molar-refractivity contribution in [3.8, 4) is 11.3 Å². The van der Waals surface area contributed by atoms with Crippen LogP contribution in [0.2, 0.25) is 0 Å². The second kappa shape index (κ2) is 3.74. The first kappa shape index (κ1) is 9.04. The van der Waals surface area contributed by atoms with Crippen molar-refractivity contribution in [2.75, 3.05) is 0 Å². The van der Waals surface area contributed by atoms with Gasteiger partial charge in [0.05, 0.1) is 5.69 Å². The summed E-state index contributed by atoms with van der Waals surface area (Å²) in [7, 11) is 0. The van der Waals surface area contributed by atoms with Crippen molar-refractivity contribution in [1.29, 1.82) is 0 Å². The van der Waals surface area contributed by atoms with Crippen LogP contribution in [0.25, 0.3) is 22.0 Å². The van der Waals surface area contributed by atoms with E-state index in [2.05, 4.69) is 22.1 Å². The molecule has 0 saturated heterocycles. The topological polar surface area (TPSA) is 25.8 Å². The van der Waals surface area contributed by atoms with E-state index in [0.29, 0.717) is 0 Å². The Hall–Kier alpha value is -2.22. The van der Waals surface area contributed by atoms with Crippen LogP contribution < -0.4 is 0 Å². The van der Waals surface area contributed by atoms with E-state index in [4.69, 9.17) is 0 Å². The molecule has 2 heterocycles. The maximum atomic E-state index is 4.42. The van der Waals surface area contributed by atoms with Gasteiger partial charge in [-0.15, -0.1) is 0 Å². The van der Waals surface area contributed by atoms with Gasteiger partial charge in [-0.25, -0.2) is 0 Å². The minimum atomic E-state index is 0.979. The fourth-order valence-electron chi connectivity index (χ4n) is 1.70. The van der Waals surface area contributed by atoms with Crippen LogP contribution in [-0.2, 0) is 0 Å². The van der Waals surface area contributed by atoms with E-state index in [9.17, 15) is 0 Å². The molecule has 2 nitrogen and oxygen atoms in total. The van der Waals surface area contributed by atoms with Crippen molar-refractivity contribution in [2.24, 2.45) is 0 Å². The zero-order valence-electron chi connectivity index (χ0n) is 8.59. The smallest absolute Gasteiger partial charge is 0.0708 e.